The van der Waals surface area contributed by atoms with Crippen molar-refractivity contribution in [3.05, 3.63) is 104 Å². The third-order valence-corrected chi connectivity index (χ3v) is 4.55. The lowest BCUT2D eigenvalue weighted by Gasteiger charge is -2.08. The highest BCUT2D eigenvalue weighted by Crippen LogP contribution is 2.26. The van der Waals surface area contributed by atoms with E-state index < -0.39 is 17.1 Å². The van der Waals surface area contributed by atoms with Crippen molar-refractivity contribution in [1.82, 2.24) is 9.55 Å². The Morgan fingerprint density at radius 1 is 1.10 bits per heavy atom. The number of hydrogen-bond acceptors (Lipinski definition) is 6. The number of nitrogens with zero attached hydrogens (tertiary/aromatic N) is 2. The van der Waals surface area contributed by atoms with E-state index in [9.17, 15) is 14.7 Å². The Balaban J connectivity index is 1.55. The van der Waals surface area contributed by atoms with Gasteiger partial charge in [0.25, 0.3) is 5.56 Å². The molecule has 2 heterocycles. The Hall–Kier alpha value is -4.04. The third kappa shape index (κ3) is 4.76. The van der Waals surface area contributed by atoms with Crippen LogP contribution >= 0.6 is 11.6 Å². The fourth-order valence-electron chi connectivity index (χ4n) is 2.80. The van der Waals surface area contributed by atoms with E-state index in [0.717, 1.165) is 4.57 Å². The smallest absolute Gasteiger partial charge is 0.331 e. The van der Waals surface area contributed by atoms with Crippen LogP contribution in [0.4, 0.5) is 5.69 Å². The average molecular weight is 438 g/mol. The molecule has 0 aliphatic rings. The number of aromatic hydroxyl groups is 1. The van der Waals surface area contributed by atoms with Crippen LogP contribution in [0.15, 0.2) is 85.9 Å². The number of furan rings is 1. The van der Waals surface area contributed by atoms with Gasteiger partial charge in [-0.15, -0.1) is 0 Å². The van der Waals surface area contributed by atoms with Crippen LogP contribution in [0.2, 0.25) is 5.02 Å². The van der Waals surface area contributed by atoms with Gasteiger partial charge < -0.3 is 14.3 Å². The Kier molecular flexibility index (Phi) is 5.72. The lowest BCUT2D eigenvalue weighted by molar-refractivity contribution is 0.392. The summed E-state index contributed by atoms with van der Waals surface area (Å²) in [6.45, 7) is -0.0369. The molecule has 0 aliphatic heterocycles. The maximum Gasteiger partial charge on any atom is 0.331 e. The van der Waals surface area contributed by atoms with E-state index in [-0.39, 0.29) is 12.1 Å². The van der Waals surface area contributed by atoms with E-state index in [1.54, 1.807) is 60.7 Å². The number of rotatable bonds is 6. The van der Waals surface area contributed by atoms with Crippen LogP contribution in [0.3, 0.4) is 0 Å². The minimum absolute atomic E-state index is 0.0369. The van der Waals surface area contributed by atoms with E-state index in [2.05, 4.69) is 9.98 Å². The van der Waals surface area contributed by atoms with Gasteiger partial charge in [-0.1, -0.05) is 17.7 Å². The van der Waals surface area contributed by atoms with Crippen molar-refractivity contribution in [2.24, 2.45) is 4.99 Å². The molecule has 0 saturated carbocycles. The third-order valence-electron chi connectivity index (χ3n) is 4.31. The van der Waals surface area contributed by atoms with Gasteiger partial charge in [0.1, 0.15) is 22.8 Å². The first-order valence-corrected chi connectivity index (χ1v) is 9.53. The zero-order chi connectivity index (χ0) is 21.8. The Morgan fingerprint density at radius 3 is 2.61 bits per heavy atom. The van der Waals surface area contributed by atoms with E-state index in [1.807, 2.05) is 0 Å². The molecule has 2 aromatic carbocycles. The second-order valence-electron chi connectivity index (χ2n) is 6.47. The molecule has 4 rings (SSSR count). The predicted molar refractivity (Wildman–Crippen MR) is 116 cm³/mol. The second-order valence-corrected chi connectivity index (χ2v) is 6.91. The molecule has 4 aromatic rings. The zero-order valence-electron chi connectivity index (χ0n) is 16.0. The molecule has 0 fully saturated rings. The van der Waals surface area contributed by atoms with E-state index >= 15 is 0 Å². The van der Waals surface area contributed by atoms with Crippen molar-refractivity contribution in [2.45, 2.75) is 6.54 Å². The Labute approximate surface area is 180 Å². The normalized spacial score (nSPS) is 11.1. The van der Waals surface area contributed by atoms with Gasteiger partial charge in [-0.3, -0.25) is 19.3 Å². The maximum atomic E-state index is 12.1. The van der Waals surface area contributed by atoms with Gasteiger partial charge in [-0.2, -0.15) is 0 Å². The fourth-order valence-corrected chi connectivity index (χ4v) is 2.98. The molecular weight excluding hydrogens is 422 g/mol. The number of H-pyrrole nitrogens is 1. The highest BCUT2D eigenvalue weighted by Gasteiger charge is 2.14. The molecule has 2 N–H and O–H groups in total. The van der Waals surface area contributed by atoms with Crippen LogP contribution in [0, 0.1) is 0 Å². The van der Waals surface area contributed by atoms with Gasteiger partial charge in [0.15, 0.2) is 0 Å². The van der Waals surface area contributed by atoms with Gasteiger partial charge in [0.05, 0.1) is 18.5 Å². The zero-order valence-corrected chi connectivity index (χ0v) is 16.7. The standard InChI is InChI=1S/C22H16ClN3O5/c23-14-3-1-4-17(11-14)31-16-8-6-15(7-9-16)24-12-19-20(27)25-22(29)26(21(19)28)13-18-5-2-10-30-18/h1-12,28H,13H2,(H,25,27,29). The molecule has 0 unspecified atom stereocenters. The molecule has 0 aliphatic carbocycles. The number of aliphatic imine (C=N–C) groups is 1. The molecule has 0 amide bonds. The number of hydrogen-bond donors (Lipinski definition) is 2. The van der Waals surface area contributed by atoms with Gasteiger partial charge in [-0.25, -0.2) is 4.79 Å². The highest BCUT2D eigenvalue weighted by molar-refractivity contribution is 6.30. The van der Waals surface area contributed by atoms with Crippen molar-refractivity contribution >= 4 is 23.5 Å². The molecule has 0 spiro atoms. The summed E-state index contributed by atoms with van der Waals surface area (Å²) in [4.78, 5) is 30.6. The minimum Gasteiger partial charge on any atom is -0.494 e. The van der Waals surface area contributed by atoms with Crippen LogP contribution in [0.5, 0.6) is 17.4 Å². The molecule has 0 radical (unpaired) electrons. The number of aromatic amines is 1. The summed E-state index contributed by atoms with van der Waals surface area (Å²) in [5, 5.41) is 11.0. The van der Waals surface area contributed by atoms with E-state index in [0.29, 0.717) is 28.0 Å². The quantitative estimate of drug-likeness (QED) is 0.442. The number of benzene rings is 2. The summed E-state index contributed by atoms with van der Waals surface area (Å²) in [5.74, 6) is 1.12. The first kappa shape index (κ1) is 20.2. The molecule has 0 bridgehead atoms. The summed E-state index contributed by atoms with van der Waals surface area (Å²) < 4.78 is 11.9. The van der Waals surface area contributed by atoms with Crippen LogP contribution in [-0.4, -0.2) is 20.9 Å². The molecule has 31 heavy (non-hydrogen) atoms. The summed E-state index contributed by atoms with van der Waals surface area (Å²) in [6.07, 6.45) is 2.64. The van der Waals surface area contributed by atoms with Gasteiger partial charge in [-0.05, 0) is 54.6 Å². The minimum atomic E-state index is -0.751. The molecule has 156 valence electrons. The van der Waals surface area contributed by atoms with Crippen molar-refractivity contribution in [3.8, 4) is 17.4 Å². The van der Waals surface area contributed by atoms with Crippen LogP contribution in [-0.2, 0) is 6.54 Å². The number of aromatic nitrogens is 2. The van der Waals surface area contributed by atoms with E-state index in [4.69, 9.17) is 20.8 Å². The molecular formula is C22H16ClN3O5. The van der Waals surface area contributed by atoms with Crippen molar-refractivity contribution in [2.75, 3.05) is 0 Å². The topological polar surface area (TPSA) is 110 Å². The largest absolute Gasteiger partial charge is 0.494 e. The SMILES string of the molecule is O=c1[nH]c(=O)n(Cc2ccco2)c(O)c1C=Nc1ccc(Oc2cccc(Cl)c2)cc1. The lowest BCUT2D eigenvalue weighted by Crippen LogP contribution is -2.32. The maximum absolute atomic E-state index is 12.1. The van der Waals surface area contributed by atoms with E-state index in [1.165, 1.54) is 12.5 Å². The first-order valence-electron chi connectivity index (χ1n) is 9.15. The summed E-state index contributed by atoms with van der Waals surface area (Å²) in [7, 11) is 0. The Bertz CT molecular complexity index is 1340. The predicted octanol–water partition coefficient (Wildman–Crippen LogP) is 4.08. The van der Waals surface area contributed by atoms with Crippen LogP contribution in [0.25, 0.3) is 0 Å². The molecule has 2 aromatic heterocycles. The van der Waals surface area contributed by atoms with Gasteiger partial charge >= 0.3 is 5.69 Å². The van der Waals surface area contributed by atoms with Gasteiger partial charge in [0, 0.05) is 11.2 Å². The number of halogens is 1. The van der Waals surface area contributed by atoms with Crippen LogP contribution < -0.4 is 16.0 Å². The summed E-state index contributed by atoms with van der Waals surface area (Å²) in [5.41, 5.74) is -1.13. The number of nitrogens with one attached hydrogen (secondary N) is 1. The van der Waals surface area contributed by atoms with Crippen molar-refractivity contribution in [3.63, 3.8) is 0 Å². The highest BCUT2D eigenvalue weighted by atomic mass is 35.5. The Morgan fingerprint density at radius 2 is 1.90 bits per heavy atom. The lowest BCUT2D eigenvalue weighted by atomic mass is 10.3. The van der Waals surface area contributed by atoms with Crippen molar-refractivity contribution in [1.29, 1.82) is 0 Å². The fraction of sp³-hybridized carbons (Fsp3) is 0.0455. The summed E-state index contributed by atoms with van der Waals surface area (Å²) in [6, 6.07) is 17.1. The van der Waals surface area contributed by atoms with Crippen LogP contribution in [0.1, 0.15) is 11.3 Å². The molecule has 0 saturated heterocycles. The average Bonchev–Trinajstić information content (AvgIpc) is 3.25. The van der Waals surface area contributed by atoms with Crippen molar-refractivity contribution < 1.29 is 14.3 Å². The second kappa shape index (κ2) is 8.76. The molecule has 0 atom stereocenters. The number of ether oxygens (including phenoxy) is 1. The molecule has 8 nitrogen and oxygen atoms in total. The first-order chi connectivity index (χ1) is 15.0. The monoisotopic (exact) mass is 437 g/mol. The van der Waals surface area contributed by atoms with Gasteiger partial charge in [0.2, 0.25) is 5.88 Å². The summed E-state index contributed by atoms with van der Waals surface area (Å²) >= 11 is 5.95. The molecule has 9 heteroatoms.